The first-order valence-electron chi connectivity index (χ1n) is 10.4. The van der Waals surface area contributed by atoms with Crippen molar-refractivity contribution in [3.63, 3.8) is 0 Å². The first-order valence-corrected chi connectivity index (χ1v) is 12.2. The second kappa shape index (κ2) is 9.84. The van der Waals surface area contributed by atoms with Crippen LogP contribution in [0.3, 0.4) is 0 Å². The van der Waals surface area contributed by atoms with Gasteiger partial charge in [0, 0.05) is 0 Å². The number of hydrogen-bond donors (Lipinski definition) is 1. The average molecular weight is 482 g/mol. The molecule has 9 nitrogen and oxygen atoms in total. The molecule has 0 radical (unpaired) electrons. The van der Waals surface area contributed by atoms with Crippen LogP contribution in [0.25, 0.3) is 0 Å². The van der Waals surface area contributed by atoms with Crippen molar-refractivity contribution in [3.8, 4) is 23.0 Å². The number of para-hydroxylation sites is 1. The molecule has 1 aliphatic rings. The van der Waals surface area contributed by atoms with Gasteiger partial charge in [-0.1, -0.05) is 18.2 Å². The fraction of sp³-hybridized carbons (Fsp3) is 0.167. The summed E-state index contributed by atoms with van der Waals surface area (Å²) in [6, 6.07) is 19.8. The lowest BCUT2D eigenvalue weighted by molar-refractivity contribution is -0.121. The zero-order valence-corrected chi connectivity index (χ0v) is 19.4. The normalized spacial score (nSPS) is 13.5. The van der Waals surface area contributed by atoms with Gasteiger partial charge in [0.15, 0.2) is 11.5 Å². The molecule has 0 saturated carbocycles. The Balaban J connectivity index is 1.44. The van der Waals surface area contributed by atoms with Crippen LogP contribution in [-0.4, -0.2) is 39.6 Å². The fourth-order valence-corrected chi connectivity index (χ4v) is 4.53. The number of benzene rings is 3. The van der Waals surface area contributed by atoms with E-state index in [-0.39, 0.29) is 6.79 Å². The molecule has 0 unspecified atom stereocenters. The van der Waals surface area contributed by atoms with Crippen molar-refractivity contribution in [2.75, 3.05) is 17.4 Å². The molecule has 10 heteroatoms. The Bertz CT molecular complexity index is 1290. The molecular formula is C24H23N3O6S. The molecule has 0 bridgehead atoms. The number of carbonyl (C=O) groups is 1. The van der Waals surface area contributed by atoms with Crippen LogP contribution < -0.4 is 23.9 Å². The van der Waals surface area contributed by atoms with E-state index in [1.54, 1.807) is 42.5 Å². The van der Waals surface area contributed by atoms with Crippen molar-refractivity contribution >= 4 is 27.8 Å². The van der Waals surface area contributed by atoms with Gasteiger partial charge in [0.1, 0.15) is 17.5 Å². The van der Waals surface area contributed by atoms with E-state index in [2.05, 4.69) is 10.5 Å². The van der Waals surface area contributed by atoms with Crippen molar-refractivity contribution in [1.82, 2.24) is 5.43 Å². The summed E-state index contributed by atoms with van der Waals surface area (Å²) >= 11 is 0. The van der Waals surface area contributed by atoms with Crippen LogP contribution in [-0.2, 0) is 14.8 Å². The summed E-state index contributed by atoms with van der Waals surface area (Å²) < 4.78 is 42.4. The molecule has 3 aromatic carbocycles. The number of amides is 1. The quantitative estimate of drug-likeness (QED) is 0.390. The van der Waals surface area contributed by atoms with Crippen molar-refractivity contribution in [1.29, 1.82) is 0 Å². The molecule has 1 atom stereocenters. The van der Waals surface area contributed by atoms with Gasteiger partial charge in [0.05, 0.1) is 18.2 Å². The molecular weight excluding hydrogens is 458 g/mol. The zero-order valence-electron chi connectivity index (χ0n) is 18.5. The summed E-state index contributed by atoms with van der Waals surface area (Å²) in [5, 5.41) is 3.94. The Morgan fingerprint density at radius 3 is 2.41 bits per heavy atom. The first kappa shape index (κ1) is 23.1. The number of nitrogens with zero attached hydrogens (tertiary/aromatic N) is 2. The second-order valence-electron chi connectivity index (χ2n) is 7.49. The summed E-state index contributed by atoms with van der Waals surface area (Å²) in [6.07, 6.45) is 2.48. The Labute approximate surface area is 197 Å². The van der Waals surface area contributed by atoms with Crippen molar-refractivity contribution < 1.29 is 27.4 Å². The number of nitrogens with one attached hydrogen (secondary N) is 1. The highest BCUT2D eigenvalue weighted by Gasteiger charge is 2.29. The maximum atomic E-state index is 12.7. The zero-order chi connectivity index (χ0) is 24.1. The number of rotatable bonds is 8. The van der Waals surface area contributed by atoms with Gasteiger partial charge in [-0.15, -0.1) is 0 Å². The molecule has 1 amide bonds. The molecule has 1 heterocycles. The number of sulfonamides is 1. The molecule has 1 aliphatic heterocycles. The number of fused-ring (bicyclic) bond motifs is 1. The predicted molar refractivity (Wildman–Crippen MR) is 128 cm³/mol. The van der Waals surface area contributed by atoms with Gasteiger partial charge in [0.2, 0.25) is 16.8 Å². The lowest BCUT2D eigenvalue weighted by Crippen LogP contribution is -2.46. The SMILES string of the molecule is C[C@@H](C(=O)N/N=C\c1ccc2c(c1)OCO2)N(c1ccc(Oc2ccccc2)cc1)S(C)(=O)=O. The maximum absolute atomic E-state index is 12.7. The third-order valence-electron chi connectivity index (χ3n) is 4.94. The highest BCUT2D eigenvalue weighted by molar-refractivity contribution is 7.92. The second-order valence-corrected chi connectivity index (χ2v) is 9.35. The van der Waals surface area contributed by atoms with E-state index >= 15 is 0 Å². The Morgan fingerprint density at radius 2 is 1.71 bits per heavy atom. The minimum Gasteiger partial charge on any atom is -0.457 e. The van der Waals surface area contributed by atoms with Crippen molar-refractivity contribution in [2.45, 2.75) is 13.0 Å². The molecule has 176 valence electrons. The van der Waals surface area contributed by atoms with Crippen LogP contribution in [0, 0.1) is 0 Å². The van der Waals surface area contributed by atoms with Crippen LogP contribution in [0.2, 0.25) is 0 Å². The Hall–Kier alpha value is -4.05. The van der Waals surface area contributed by atoms with Gasteiger partial charge in [-0.25, -0.2) is 13.8 Å². The molecule has 0 fully saturated rings. The number of hydrogen-bond acceptors (Lipinski definition) is 7. The van der Waals surface area contributed by atoms with Gasteiger partial charge in [-0.3, -0.25) is 9.10 Å². The molecule has 3 aromatic rings. The number of hydrazone groups is 1. The molecule has 0 saturated heterocycles. The molecule has 4 rings (SSSR count). The highest BCUT2D eigenvalue weighted by atomic mass is 32.2. The predicted octanol–water partition coefficient (Wildman–Crippen LogP) is 3.51. The Morgan fingerprint density at radius 1 is 1.03 bits per heavy atom. The number of anilines is 1. The standard InChI is InChI=1S/C24H23N3O6S/c1-17(24(28)26-25-15-18-8-13-22-23(14-18)32-16-31-22)27(34(2,29)30)19-9-11-21(12-10-19)33-20-6-4-3-5-7-20/h3-15,17H,16H2,1-2H3,(H,26,28)/b25-15-/t17-/m0/s1. The van der Waals surface area contributed by atoms with Gasteiger partial charge >= 0.3 is 0 Å². The van der Waals surface area contributed by atoms with E-state index in [1.165, 1.54) is 13.1 Å². The summed E-state index contributed by atoms with van der Waals surface area (Å²) in [5.41, 5.74) is 3.40. The van der Waals surface area contributed by atoms with Crippen LogP contribution in [0.5, 0.6) is 23.0 Å². The highest BCUT2D eigenvalue weighted by Crippen LogP contribution is 2.32. The summed E-state index contributed by atoms with van der Waals surface area (Å²) in [5.74, 6) is 1.83. The lowest BCUT2D eigenvalue weighted by atomic mass is 10.2. The monoisotopic (exact) mass is 481 g/mol. The largest absolute Gasteiger partial charge is 0.457 e. The van der Waals surface area contributed by atoms with Gasteiger partial charge in [0.25, 0.3) is 5.91 Å². The van der Waals surface area contributed by atoms with E-state index < -0.39 is 22.0 Å². The third-order valence-corrected chi connectivity index (χ3v) is 6.19. The topological polar surface area (TPSA) is 107 Å². The summed E-state index contributed by atoms with van der Waals surface area (Å²) in [6.45, 7) is 1.64. The van der Waals surface area contributed by atoms with Crippen LogP contribution in [0.15, 0.2) is 77.9 Å². The average Bonchev–Trinajstić information content (AvgIpc) is 3.28. The first-order chi connectivity index (χ1) is 16.3. The smallest absolute Gasteiger partial charge is 0.263 e. The van der Waals surface area contributed by atoms with E-state index in [1.807, 2.05) is 30.3 Å². The van der Waals surface area contributed by atoms with Gasteiger partial charge < -0.3 is 14.2 Å². The van der Waals surface area contributed by atoms with E-state index in [0.29, 0.717) is 34.2 Å². The number of carbonyl (C=O) groups excluding carboxylic acids is 1. The lowest BCUT2D eigenvalue weighted by Gasteiger charge is -2.27. The maximum Gasteiger partial charge on any atom is 0.263 e. The third kappa shape index (κ3) is 5.46. The van der Waals surface area contributed by atoms with Crippen molar-refractivity contribution in [2.24, 2.45) is 5.10 Å². The minimum atomic E-state index is -3.77. The van der Waals surface area contributed by atoms with Crippen LogP contribution in [0.4, 0.5) is 5.69 Å². The molecule has 34 heavy (non-hydrogen) atoms. The van der Waals surface area contributed by atoms with Crippen molar-refractivity contribution in [3.05, 3.63) is 78.4 Å². The van der Waals surface area contributed by atoms with E-state index in [4.69, 9.17) is 14.2 Å². The van der Waals surface area contributed by atoms with Crippen LogP contribution in [0.1, 0.15) is 12.5 Å². The Kier molecular flexibility index (Phi) is 6.69. The molecule has 0 aliphatic carbocycles. The van der Waals surface area contributed by atoms with Gasteiger partial charge in [-0.05, 0) is 67.1 Å². The van der Waals surface area contributed by atoms with Gasteiger partial charge in [-0.2, -0.15) is 5.10 Å². The van der Waals surface area contributed by atoms with E-state index in [9.17, 15) is 13.2 Å². The molecule has 0 aromatic heterocycles. The number of ether oxygens (including phenoxy) is 3. The fourth-order valence-electron chi connectivity index (χ4n) is 3.35. The van der Waals surface area contributed by atoms with Crippen LogP contribution >= 0.6 is 0 Å². The molecule has 0 spiro atoms. The molecule has 1 N–H and O–H groups in total. The summed E-state index contributed by atoms with van der Waals surface area (Å²) in [4.78, 5) is 12.7. The van der Waals surface area contributed by atoms with E-state index in [0.717, 1.165) is 10.6 Å². The minimum absolute atomic E-state index is 0.158. The summed E-state index contributed by atoms with van der Waals surface area (Å²) in [7, 11) is -3.77.